The molecule has 16 heavy (non-hydrogen) atoms. The first kappa shape index (κ1) is 10.7. The molecule has 0 radical (unpaired) electrons. The van der Waals surface area contributed by atoms with Crippen molar-refractivity contribution in [3.8, 4) is 22.8 Å². The molecule has 2 rings (SSSR count). The van der Waals surface area contributed by atoms with Gasteiger partial charge in [-0.15, -0.1) is 0 Å². The van der Waals surface area contributed by atoms with Gasteiger partial charge in [0.05, 0.1) is 10.0 Å². The lowest BCUT2D eigenvalue weighted by Gasteiger charge is -2.06. The average Bonchev–Trinajstić information content (AvgIpc) is 2.62. The average molecular weight is 289 g/mol. The highest BCUT2D eigenvalue weighted by Gasteiger charge is 2.20. The maximum atomic E-state index is 13.3. The van der Waals surface area contributed by atoms with E-state index in [1.165, 1.54) is 6.07 Å². The van der Waals surface area contributed by atoms with Gasteiger partial charge >= 0.3 is 0 Å². The van der Waals surface area contributed by atoms with Crippen LogP contribution >= 0.6 is 15.9 Å². The number of anilines is 1. The van der Waals surface area contributed by atoms with Crippen LogP contribution in [0.4, 0.5) is 10.3 Å². The van der Waals surface area contributed by atoms with Crippen molar-refractivity contribution in [3.05, 3.63) is 22.4 Å². The Morgan fingerprint density at radius 1 is 1.38 bits per heavy atom. The van der Waals surface area contributed by atoms with Gasteiger partial charge in [-0.3, -0.25) is 0 Å². The molecule has 0 saturated carbocycles. The molecule has 0 aliphatic heterocycles. The Morgan fingerprint density at radius 2 is 2.06 bits per heavy atom. The van der Waals surface area contributed by atoms with Crippen LogP contribution in [0.5, 0.6) is 11.5 Å². The van der Waals surface area contributed by atoms with Crippen LogP contribution in [0.25, 0.3) is 11.3 Å². The van der Waals surface area contributed by atoms with Gasteiger partial charge in [0.25, 0.3) is 0 Å². The first-order valence-corrected chi connectivity index (χ1v) is 4.92. The summed E-state index contributed by atoms with van der Waals surface area (Å²) in [5, 5.41) is 22.4. The number of phenolic OH excluding ortho intramolecular Hbond substituents is 2. The summed E-state index contributed by atoms with van der Waals surface area (Å²) in [7, 11) is 0. The Morgan fingerprint density at radius 3 is 2.62 bits per heavy atom. The minimum atomic E-state index is -0.730. The summed E-state index contributed by atoms with van der Waals surface area (Å²) in [4.78, 5) is 0. The van der Waals surface area contributed by atoms with Crippen molar-refractivity contribution in [1.82, 2.24) is 5.16 Å². The summed E-state index contributed by atoms with van der Waals surface area (Å²) in [5.74, 6) is -1.80. The van der Waals surface area contributed by atoms with Crippen LogP contribution in [0.3, 0.4) is 0 Å². The van der Waals surface area contributed by atoms with Crippen LogP contribution in [0.2, 0.25) is 0 Å². The molecule has 4 N–H and O–H groups in total. The Kier molecular flexibility index (Phi) is 2.47. The molecule has 0 amide bonds. The standard InChI is InChI=1S/C9H6BrFN2O3/c10-8-3(11)1-5(14)9(15)7(8)4-2-6(12)16-13-4/h1-2,14-15H,12H2. The zero-order valence-electron chi connectivity index (χ0n) is 7.74. The van der Waals surface area contributed by atoms with Crippen molar-refractivity contribution in [2.75, 3.05) is 5.73 Å². The summed E-state index contributed by atoms with van der Waals surface area (Å²) < 4.78 is 17.9. The van der Waals surface area contributed by atoms with Gasteiger partial charge in [0.2, 0.25) is 5.88 Å². The van der Waals surface area contributed by atoms with Gasteiger partial charge in [-0.05, 0) is 15.9 Å². The van der Waals surface area contributed by atoms with Gasteiger partial charge in [0.1, 0.15) is 11.5 Å². The Balaban J connectivity index is 2.73. The minimum Gasteiger partial charge on any atom is -0.504 e. The van der Waals surface area contributed by atoms with Crippen molar-refractivity contribution < 1.29 is 19.1 Å². The normalized spacial score (nSPS) is 10.6. The highest BCUT2D eigenvalue weighted by molar-refractivity contribution is 9.10. The van der Waals surface area contributed by atoms with E-state index >= 15 is 0 Å². The molecule has 1 heterocycles. The third-order valence-electron chi connectivity index (χ3n) is 1.96. The van der Waals surface area contributed by atoms with E-state index in [1.807, 2.05) is 0 Å². The van der Waals surface area contributed by atoms with E-state index < -0.39 is 17.3 Å². The lowest BCUT2D eigenvalue weighted by Crippen LogP contribution is -1.87. The van der Waals surface area contributed by atoms with E-state index in [4.69, 9.17) is 5.73 Å². The first-order valence-electron chi connectivity index (χ1n) is 4.13. The molecular weight excluding hydrogens is 283 g/mol. The lowest BCUT2D eigenvalue weighted by molar-refractivity contribution is 0.399. The number of aromatic hydroxyl groups is 2. The summed E-state index contributed by atoms with van der Waals surface area (Å²) in [6.07, 6.45) is 0. The molecule has 0 bridgehead atoms. The van der Waals surface area contributed by atoms with Gasteiger partial charge < -0.3 is 20.5 Å². The summed E-state index contributed by atoms with van der Waals surface area (Å²) in [5.41, 5.74) is 5.42. The van der Waals surface area contributed by atoms with Gasteiger partial charge in [-0.1, -0.05) is 5.16 Å². The molecule has 7 heteroatoms. The van der Waals surface area contributed by atoms with Crippen molar-refractivity contribution in [2.24, 2.45) is 0 Å². The van der Waals surface area contributed by atoms with E-state index in [-0.39, 0.29) is 21.6 Å². The van der Waals surface area contributed by atoms with Crippen molar-refractivity contribution >= 4 is 21.8 Å². The molecule has 0 fully saturated rings. The molecule has 5 nitrogen and oxygen atoms in total. The molecule has 0 atom stereocenters. The quantitative estimate of drug-likeness (QED) is 0.700. The predicted octanol–water partition coefficient (Wildman–Crippen LogP) is 2.24. The number of halogens is 2. The lowest BCUT2D eigenvalue weighted by atomic mass is 10.1. The molecule has 0 saturated heterocycles. The summed E-state index contributed by atoms with van der Waals surface area (Å²) >= 11 is 2.94. The first-order chi connectivity index (χ1) is 7.50. The summed E-state index contributed by atoms with van der Waals surface area (Å²) in [6.45, 7) is 0. The van der Waals surface area contributed by atoms with Crippen LogP contribution in [0.1, 0.15) is 0 Å². The molecule has 0 spiro atoms. The fraction of sp³-hybridized carbons (Fsp3) is 0. The van der Waals surface area contributed by atoms with Crippen molar-refractivity contribution in [3.63, 3.8) is 0 Å². The zero-order chi connectivity index (χ0) is 11.9. The molecule has 1 aromatic carbocycles. The number of nitrogens with two attached hydrogens (primary N) is 1. The number of hydrogen-bond acceptors (Lipinski definition) is 5. The monoisotopic (exact) mass is 288 g/mol. The molecule has 2 aromatic rings. The molecule has 0 aliphatic carbocycles. The maximum absolute atomic E-state index is 13.3. The van der Waals surface area contributed by atoms with Crippen LogP contribution in [-0.4, -0.2) is 15.4 Å². The number of aromatic nitrogens is 1. The second-order valence-corrected chi connectivity index (χ2v) is 3.82. The largest absolute Gasteiger partial charge is 0.504 e. The smallest absolute Gasteiger partial charge is 0.222 e. The number of hydrogen-bond donors (Lipinski definition) is 3. The van der Waals surface area contributed by atoms with E-state index in [9.17, 15) is 14.6 Å². The van der Waals surface area contributed by atoms with Crippen LogP contribution in [0, 0.1) is 5.82 Å². The highest BCUT2D eigenvalue weighted by atomic mass is 79.9. The highest BCUT2D eigenvalue weighted by Crippen LogP contribution is 2.43. The van der Waals surface area contributed by atoms with Gasteiger partial charge in [0.15, 0.2) is 11.5 Å². The van der Waals surface area contributed by atoms with Crippen LogP contribution < -0.4 is 5.73 Å². The predicted molar refractivity (Wildman–Crippen MR) is 57.3 cm³/mol. The fourth-order valence-electron chi connectivity index (χ4n) is 1.24. The number of benzene rings is 1. The van der Waals surface area contributed by atoms with Crippen LogP contribution in [0.15, 0.2) is 21.1 Å². The minimum absolute atomic E-state index is 0.0158. The number of phenols is 2. The molecular formula is C9H6BrFN2O3. The van der Waals surface area contributed by atoms with Crippen molar-refractivity contribution in [1.29, 1.82) is 0 Å². The third-order valence-corrected chi connectivity index (χ3v) is 2.73. The van der Waals surface area contributed by atoms with E-state index in [2.05, 4.69) is 25.6 Å². The van der Waals surface area contributed by atoms with E-state index in [0.29, 0.717) is 0 Å². The number of nitrogen functional groups attached to an aromatic ring is 1. The van der Waals surface area contributed by atoms with E-state index in [0.717, 1.165) is 6.07 Å². The molecule has 0 aliphatic rings. The third kappa shape index (κ3) is 1.58. The van der Waals surface area contributed by atoms with Crippen molar-refractivity contribution in [2.45, 2.75) is 0 Å². The topological polar surface area (TPSA) is 92.5 Å². The second kappa shape index (κ2) is 3.67. The second-order valence-electron chi connectivity index (χ2n) is 3.03. The number of nitrogens with zero attached hydrogens (tertiary/aromatic N) is 1. The van der Waals surface area contributed by atoms with Gasteiger partial charge in [0, 0.05) is 12.1 Å². The Bertz CT molecular complexity index is 530. The van der Waals surface area contributed by atoms with Crippen LogP contribution in [-0.2, 0) is 0 Å². The molecule has 0 unspecified atom stereocenters. The zero-order valence-corrected chi connectivity index (χ0v) is 9.32. The fourth-order valence-corrected chi connectivity index (χ4v) is 1.75. The van der Waals surface area contributed by atoms with E-state index in [1.54, 1.807) is 0 Å². The Hall–Kier alpha value is -1.76. The van der Waals surface area contributed by atoms with Gasteiger partial charge in [-0.2, -0.15) is 0 Å². The summed E-state index contributed by atoms with van der Waals surface area (Å²) in [6, 6.07) is 2.09. The molecule has 84 valence electrons. The van der Waals surface area contributed by atoms with Gasteiger partial charge in [-0.25, -0.2) is 4.39 Å². The Labute approximate surface area is 97.4 Å². The molecule has 1 aromatic heterocycles. The SMILES string of the molecule is Nc1cc(-c2c(O)c(O)cc(F)c2Br)no1. The maximum Gasteiger partial charge on any atom is 0.222 e. The number of rotatable bonds is 1.